The van der Waals surface area contributed by atoms with Gasteiger partial charge in [0.1, 0.15) is 0 Å². The van der Waals surface area contributed by atoms with Gasteiger partial charge >= 0.3 is 0 Å². The minimum absolute atomic E-state index is 0. The molecule has 3 aromatic carbocycles. The third-order valence-corrected chi connectivity index (χ3v) is 7.52. The Bertz CT molecular complexity index is 870. The summed E-state index contributed by atoms with van der Waals surface area (Å²) in [4.78, 5) is 0. The third-order valence-electron chi connectivity index (χ3n) is 5.01. The van der Waals surface area contributed by atoms with Crippen LogP contribution in [0.15, 0.2) is 109 Å². The summed E-state index contributed by atoms with van der Waals surface area (Å²) >= 11 is 0. The molecule has 163 valence electrons. The summed E-state index contributed by atoms with van der Waals surface area (Å²) < 4.78 is 0. The minimum atomic E-state index is -0.619. The van der Waals surface area contributed by atoms with Gasteiger partial charge in [-0.25, -0.2) is 0 Å². The van der Waals surface area contributed by atoms with Gasteiger partial charge in [-0.15, -0.1) is 6.04 Å². The molecule has 0 aromatic heterocycles. The quantitative estimate of drug-likeness (QED) is 0.199. The number of nitrogens with one attached hydrogen (secondary N) is 1. The fourth-order valence-electron chi connectivity index (χ4n) is 3.50. The molecule has 3 heteroatoms. The Balaban J connectivity index is 0.000000322. The molecule has 1 radical (unpaired) electrons. The first-order chi connectivity index (χ1) is 14.8. The van der Waals surface area contributed by atoms with Crippen LogP contribution in [0, 0.1) is 0 Å². The number of benzene rings is 3. The van der Waals surface area contributed by atoms with E-state index < -0.39 is 7.92 Å². The maximum absolute atomic E-state index is 8.19. The van der Waals surface area contributed by atoms with Crippen molar-refractivity contribution in [3.8, 4) is 0 Å². The minimum Gasteiger partial charge on any atom is -0.671 e. The molecule has 0 saturated carbocycles. The molecule has 0 heterocycles. The van der Waals surface area contributed by atoms with Gasteiger partial charge < -0.3 is 5.73 Å². The van der Waals surface area contributed by atoms with Crippen molar-refractivity contribution in [3.63, 3.8) is 0 Å². The van der Waals surface area contributed by atoms with Crippen LogP contribution in [0.3, 0.4) is 0 Å². The average Bonchev–Trinajstić information content (AvgIpc) is 2.76. The summed E-state index contributed by atoms with van der Waals surface area (Å²) in [6, 6.07) is 29.5. The van der Waals surface area contributed by atoms with Crippen LogP contribution in [0.2, 0.25) is 0 Å². The number of hydrogen-bond acceptors (Lipinski definition) is 0. The van der Waals surface area contributed by atoms with Crippen molar-refractivity contribution in [3.05, 3.63) is 121 Å². The maximum atomic E-state index is 8.19. The molecule has 0 unspecified atom stereocenters. The van der Waals surface area contributed by atoms with Crippen molar-refractivity contribution < 1.29 is 19.5 Å². The largest absolute Gasteiger partial charge is 0.671 e. The van der Waals surface area contributed by atoms with Gasteiger partial charge in [0.25, 0.3) is 0 Å². The smallest absolute Gasteiger partial charge is 0 e. The van der Waals surface area contributed by atoms with E-state index in [1.807, 2.05) is 13.0 Å². The Morgan fingerprint density at radius 1 is 0.613 bits per heavy atom. The summed E-state index contributed by atoms with van der Waals surface area (Å²) in [5, 5.41) is 3.95. The van der Waals surface area contributed by atoms with Crippen LogP contribution in [-0.4, -0.2) is 0 Å². The van der Waals surface area contributed by atoms with Crippen molar-refractivity contribution >= 4 is 23.8 Å². The summed E-state index contributed by atoms with van der Waals surface area (Å²) in [6.07, 6.45) is 14.0. The Hall–Kier alpha value is -1.85. The normalized spacial score (nSPS) is 14.9. The van der Waals surface area contributed by atoms with E-state index in [4.69, 9.17) is 5.73 Å². The predicted molar refractivity (Wildman–Crippen MR) is 135 cm³/mol. The van der Waals surface area contributed by atoms with Crippen molar-refractivity contribution in [2.45, 2.75) is 38.6 Å². The van der Waals surface area contributed by atoms with E-state index in [-0.39, 0.29) is 25.5 Å². The average molecular weight is 515 g/mol. The Kier molecular flexibility index (Phi) is 11.7. The van der Waals surface area contributed by atoms with Gasteiger partial charge in [-0.1, -0.05) is 122 Å². The van der Waals surface area contributed by atoms with Crippen molar-refractivity contribution in [2.24, 2.45) is 0 Å². The zero-order chi connectivity index (χ0) is 21.0. The second-order valence-corrected chi connectivity index (χ2v) is 9.57. The van der Waals surface area contributed by atoms with Gasteiger partial charge in [0.15, 0.2) is 0 Å². The van der Waals surface area contributed by atoms with Crippen molar-refractivity contribution in [1.29, 1.82) is 0 Å². The van der Waals surface area contributed by atoms with E-state index in [0.717, 1.165) is 5.56 Å². The number of allylic oxidation sites excluding steroid dienone is 4. The first kappa shape index (κ1) is 25.4. The molecular formula is C28H31NPRh-. The fourth-order valence-corrected chi connectivity index (χ4v) is 6.05. The maximum Gasteiger partial charge on any atom is 0 e. The van der Waals surface area contributed by atoms with Gasteiger partial charge in [-0.3, -0.25) is 0 Å². The second-order valence-electron chi connectivity index (χ2n) is 7.38. The number of rotatable bonds is 4. The van der Waals surface area contributed by atoms with E-state index in [2.05, 4.69) is 103 Å². The molecule has 0 saturated heterocycles. The van der Waals surface area contributed by atoms with Crippen LogP contribution >= 0.6 is 7.92 Å². The molecule has 0 fully saturated rings. The molecule has 1 aliphatic carbocycles. The first-order valence-electron chi connectivity index (χ1n) is 10.8. The SMILES string of the molecule is C1=CCC/C=C\CC1.C[C@@H]([NH-])c1ccccc1P(c1ccccc1)c1ccccc1.[Rh]. The van der Waals surface area contributed by atoms with Crippen LogP contribution < -0.4 is 15.9 Å². The van der Waals surface area contributed by atoms with Crippen LogP contribution in [-0.2, 0) is 19.5 Å². The molecule has 4 rings (SSSR count). The monoisotopic (exact) mass is 515 g/mol. The molecule has 0 bridgehead atoms. The Morgan fingerprint density at radius 2 is 1.00 bits per heavy atom. The molecule has 1 N–H and O–H groups in total. The Morgan fingerprint density at radius 3 is 1.42 bits per heavy atom. The third kappa shape index (κ3) is 7.97. The molecule has 0 spiro atoms. The molecule has 1 nitrogen and oxygen atoms in total. The van der Waals surface area contributed by atoms with Gasteiger partial charge in [0, 0.05) is 19.5 Å². The molecule has 3 aromatic rings. The molecule has 1 atom stereocenters. The number of hydrogen-bond donors (Lipinski definition) is 0. The van der Waals surface area contributed by atoms with Gasteiger partial charge in [-0.2, -0.15) is 0 Å². The van der Waals surface area contributed by atoms with E-state index in [0.29, 0.717) is 0 Å². The summed E-state index contributed by atoms with van der Waals surface area (Å²) in [5.74, 6) is 0. The van der Waals surface area contributed by atoms with Gasteiger partial charge in [-0.05, 0) is 49.5 Å². The first-order valence-corrected chi connectivity index (χ1v) is 12.1. The zero-order valence-corrected chi connectivity index (χ0v) is 20.6. The standard InChI is InChI=1S/C20H19NP.C8H12.Rh/c1-16(21)19-14-8-9-15-20(19)22(17-10-4-2-5-11-17)18-12-6-3-7-13-18;1-2-4-6-8-7-5-3-1;/h2-16,21H,1H3;1-2,7-8H,3-6H2;/q-1;;/b;2-1-,8-7?;/t16-;;/m1../s1. The molecular weight excluding hydrogens is 484 g/mol. The Labute approximate surface area is 202 Å². The van der Waals surface area contributed by atoms with Crippen molar-refractivity contribution in [1.82, 2.24) is 0 Å². The van der Waals surface area contributed by atoms with Gasteiger partial charge in [0.05, 0.1) is 0 Å². The van der Waals surface area contributed by atoms with Crippen molar-refractivity contribution in [2.75, 3.05) is 0 Å². The molecule has 31 heavy (non-hydrogen) atoms. The second kappa shape index (κ2) is 14.3. The molecule has 1 aliphatic rings. The van der Waals surface area contributed by atoms with Crippen LogP contribution in [0.5, 0.6) is 0 Å². The fraction of sp³-hybridized carbons (Fsp3) is 0.214. The van der Waals surface area contributed by atoms with Crippen LogP contribution in [0.25, 0.3) is 5.73 Å². The van der Waals surface area contributed by atoms with Gasteiger partial charge in [0.2, 0.25) is 0 Å². The van der Waals surface area contributed by atoms with E-state index >= 15 is 0 Å². The molecule has 0 amide bonds. The summed E-state index contributed by atoms with van der Waals surface area (Å²) in [5.41, 5.74) is 9.31. The topological polar surface area (TPSA) is 23.8 Å². The van der Waals surface area contributed by atoms with Crippen LogP contribution in [0.4, 0.5) is 0 Å². The zero-order valence-electron chi connectivity index (χ0n) is 18.1. The summed E-state index contributed by atoms with van der Waals surface area (Å²) in [6.45, 7) is 1.95. The van der Waals surface area contributed by atoms with E-state index in [1.165, 1.54) is 41.6 Å². The predicted octanol–water partition coefficient (Wildman–Crippen LogP) is 7.23. The van der Waals surface area contributed by atoms with Crippen LogP contribution in [0.1, 0.15) is 44.2 Å². The summed E-state index contributed by atoms with van der Waals surface area (Å²) in [7, 11) is -0.619. The van der Waals surface area contributed by atoms with E-state index in [1.54, 1.807) is 0 Å². The molecule has 0 aliphatic heterocycles. The van der Waals surface area contributed by atoms with E-state index in [9.17, 15) is 0 Å².